The van der Waals surface area contributed by atoms with E-state index in [0.29, 0.717) is 5.92 Å². The average molecular weight is 266 g/mol. The van der Waals surface area contributed by atoms with Crippen molar-refractivity contribution in [2.24, 2.45) is 0 Å². The summed E-state index contributed by atoms with van der Waals surface area (Å²) in [5, 5.41) is 0. The second-order valence-corrected chi connectivity index (χ2v) is 5.83. The third-order valence-electron chi connectivity index (χ3n) is 4.24. The van der Waals surface area contributed by atoms with E-state index in [2.05, 4.69) is 54.3 Å². The van der Waals surface area contributed by atoms with Gasteiger partial charge in [-0.05, 0) is 43.0 Å². The van der Waals surface area contributed by atoms with Gasteiger partial charge in [-0.1, -0.05) is 48.0 Å². The van der Waals surface area contributed by atoms with Crippen LogP contribution in [0.1, 0.15) is 29.0 Å². The number of nitrogen functional groups attached to an aromatic ring is 1. The summed E-state index contributed by atoms with van der Waals surface area (Å²) in [5.41, 5.74) is 11.0. The number of anilines is 1. The summed E-state index contributed by atoms with van der Waals surface area (Å²) >= 11 is 0. The van der Waals surface area contributed by atoms with E-state index in [9.17, 15) is 0 Å². The van der Waals surface area contributed by atoms with E-state index in [1.54, 1.807) is 0 Å². The topological polar surface area (TPSA) is 29.3 Å². The highest BCUT2D eigenvalue weighted by Crippen LogP contribution is 2.28. The lowest BCUT2D eigenvalue weighted by Crippen LogP contribution is -2.20. The van der Waals surface area contributed by atoms with Crippen LogP contribution >= 0.6 is 0 Å². The minimum Gasteiger partial charge on any atom is -0.398 e. The van der Waals surface area contributed by atoms with E-state index < -0.39 is 0 Å². The van der Waals surface area contributed by atoms with Gasteiger partial charge in [0.1, 0.15) is 0 Å². The third kappa shape index (κ3) is 2.86. The molecule has 1 aliphatic heterocycles. The van der Waals surface area contributed by atoms with Gasteiger partial charge in [-0.2, -0.15) is 0 Å². The number of nitrogens with two attached hydrogens (primary N) is 1. The largest absolute Gasteiger partial charge is 0.398 e. The van der Waals surface area contributed by atoms with E-state index >= 15 is 0 Å². The maximum Gasteiger partial charge on any atom is 0.0359 e. The van der Waals surface area contributed by atoms with Gasteiger partial charge in [0.05, 0.1) is 0 Å². The molecule has 1 atom stereocenters. The highest BCUT2D eigenvalue weighted by molar-refractivity contribution is 5.48. The SMILES string of the molecule is Cc1ccc(N)c(CN2CCC(c3ccccc3)C2)c1. The lowest BCUT2D eigenvalue weighted by Gasteiger charge is -2.18. The molecule has 0 radical (unpaired) electrons. The molecule has 1 unspecified atom stereocenters. The Morgan fingerprint density at radius 2 is 1.95 bits per heavy atom. The van der Waals surface area contributed by atoms with E-state index in [0.717, 1.165) is 25.3 Å². The number of hydrogen-bond donors (Lipinski definition) is 1. The average Bonchev–Trinajstić information content (AvgIpc) is 2.92. The molecule has 1 fully saturated rings. The van der Waals surface area contributed by atoms with Crippen molar-refractivity contribution in [3.63, 3.8) is 0 Å². The predicted octanol–water partition coefficient (Wildman–Crippen LogP) is 3.57. The number of benzene rings is 2. The molecule has 0 bridgehead atoms. The Morgan fingerprint density at radius 3 is 2.75 bits per heavy atom. The minimum atomic E-state index is 0.669. The zero-order valence-corrected chi connectivity index (χ0v) is 12.0. The van der Waals surface area contributed by atoms with Crippen molar-refractivity contribution < 1.29 is 0 Å². The first-order chi connectivity index (χ1) is 9.72. The van der Waals surface area contributed by atoms with Crippen molar-refractivity contribution in [1.29, 1.82) is 0 Å². The minimum absolute atomic E-state index is 0.669. The normalized spacial score (nSPS) is 19.4. The van der Waals surface area contributed by atoms with Crippen molar-refractivity contribution in [2.75, 3.05) is 18.8 Å². The van der Waals surface area contributed by atoms with E-state index in [4.69, 9.17) is 5.73 Å². The van der Waals surface area contributed by atoms with Crippen LogP contribution in [0.4, 0.5) is 5.69 Å². The molecule has 1 saturated heterocycles. The van der Waals surface area contributed by atoms with Gasteiger partial charge in [0.25, 0.3) is 0 Å². The van der Waals surface area contributed by atoms with Crippen LogP contribution in [0, 0.1) is 6.92 Å². The molecule has 20 heavy (non-hydrogen) atoms. The van der Waals surface area contributed by atoms with Crippen molar-refractivity contribution in [2.45, 2.75) is 25.8 Å². The van der Waals surface area contributed by atoms with Gasteiger partial charge in [0.2, 0.25) is 0 Å². The maximum absolute atomic E-state index is 6.09. The Bertz CT molecular complexity index is 577. The summed E-state index contributed by atoms with van der Waals surface area (Å²) < 4.78 is 0. The molecular formula is C18H22N2. The third-order valence-corrected chi connectivity index (χ3v) is 4.24. The summed E-state index contributed by atoms with van der Waals surface area (Å²) in [4.78, 5) is 2.52. The quantitative estimate of drug-likeness (QED) is 0.861. The Balaban J connectivity index is 1.67. The van der Waals surface area contributed by atoms with Crippen LogP contribution in [0.15, 0.2) is 48.5 Å². The molecule has 2 N–H and O–H groups in total. The molecule has 0 spiro atoms. The van der Waals surface area contributed by atoms with E-state index in [-0.39, 0.29) is 0 Å². The first kappa shape index (κ1) is 13.2. The molecule has 1 heterocycles. The molecule has 104 valence electrons. The fourth-order valence-electron chi connectivity index (χ4n) is 3.09. The summed E-state index contributed by atoms with van der Waals surface area (Å²) in [6.45, 7) is 5.39. The predicted molar refractivity (Wildman–Crippen MR) is 84.7 cm³/mol. The van der Waals surface area contributed by atoms with Gasteiger partial charge < -0.3 is 5.73 Å². The van der Waals surface area contributed by atoms with Gasteiger partial charge in [-0.25, -0.2) is 0 Å². The first-order valence-electron chi connectivity index (χ1n) is 7.34. The molecule has 2 aromatic carbocycles. The van der Waals surface area contributed by atoms with Crippen molar-refractivity contribution in [3.8, 4) is 0 Å². The molecule has 2 heteroatoms. The molecule has 1 aliphatic rings. The zero-order chi connectivity index (χ0) is 13.9. The molecule has 0 aliphatic carbocycles. The second kappa shape index (κ2) is 5.68. The van der Waals surface area contributed by atoms with Gasteiger partial charge >= 0.3 is 0 Å². The molecule has 0 aromatic heterocycles. The number of aryl methyl sites for hydroxylation is 1. The Hall–Kier alpha value is -1.80. The van der Waals surface area contributed by atoms with Crippen molar-refractivity contribution >= 4 is 5.69 Å². The fourth-order valence-corrected chi connectivity index (χ4v) is 3.09. The second-order valence-electron chi connectivity index (χ2n) is 5.83. The number of nitrogens with zero attached hydrogens (tertiary/aromatic N) is 1. The lowest BCUT2D eigenvalue weighted by atomic mass is 9.99. The van der Waals surface area contributed by atoms with Crippen molar-refractivity contribution in [3.05, 3.63) is 65.2 Å². The summed E-state index contributed by atoms with van der Waals surface area (Å²) in [6.07, 6.45) is 1.25. The van der Waals surface area contributed by atoms with Crippen molar-refractivity contribution in [1.82, 2.24) is 4.90 Å². The van der Waals surface area contributed by atoms with Crippen LogP contribution in [-0.2, 0) is 6.54 Å². The highest BCUT2D eigenvalue weighted by atomic mass is 15.1. The lowest BCUT2D eigenvalue weighted by molar-refractivity contribution is 0.327. The number of likely N-dealkylation sites (tertiary alicyclic amines) is 1. The first-order valence-corrected chi connectivity index (χ1v) is 7.34. The zero-order valence-electron chi connectivity index (χ0n) is 12.0. The van der Waals surface area contributed by atoms with Crippen LogP contribution in [0.5, 0.6) is 0 Å². The molecule has 0 amide bonds. The van der Waals surface area contributed by atoms with Gasteiger partial charge in [0, 0.05) is 18.8 Å². The highest BCUT2D eigenvalue weighted by Gasteiger charge is 2.23. The van der Waals surface area contributed by atoms with Crippen LogP contribution in [0.2, 0.25) is 0 Å². The Morgan fingerprint density at radius 1 is 1.15 bits per heavy atom. The standard InChI is InChI=1S/C18H22N2/c1-14-7-8-18(19)17(11-14)13-20-10-9-16(12-20)15-5-3-2-4-6-15/h2-8,11,16H,9-10,12-13,19H2,1H3. The van der Waals surface area contributed by atoms with Crippen LogP contribution in [0.3, 0.4) is 0 Å². The molecular weight excluding hydrogens is 244 g/mol. The smallest absolute Gasteiger partial charge is 0.0359 e. The number of hydrogen-bond acceptors (Lipinski definition) is 2. The fraction of sp³-hybridized carbons (Fsp3) is 0.333. The summed E-state index contributed by atoms with van der Waals surface area (Å²) in [7, 11) is 0. The summed E-state index contributed by atoms with van der Waals surface area (Å²) in [6, 6.07) is 17.2. The van der Waals surface area contributed by atoms with E-state index in [1.807, 2.05) is 6.07 Å². The molecule has 2 aromatic rings. The molecule has 3 rings (SSSR count). The van der Waals surface area contributed by atoms with E-state index in [1.165, 1.54) is 23.1 Å². The summed E-state index contributed by atoms with van der Waals surface area (Å²) in [5.74, 6) is 0.669. The van der Waals surface area contributed by atoms with Gasteiger partial charge in [-0.3, -0.25) is 4.90 Å². The van der Waals surface area contributed by atoms with Crippen LogP contribution < -0.4 is 5.73 Å². The Labute approximate surface area is 121 Å². The van der Waals surface area contributed by atoms with Crippen LogP contribution in [-0.4, -0.2) is 18.0 Å². The molecule has 2 nitrogen and oxygen atoms in total. The Kier molecular flexibility index (Phi) is 3.75. The van der Waals surface area contributed by atoms with Crippen LogP contribution in [0.25, 0.3) is 0 Å². The molecule has 0 saturated carbocycles. The number of rotatable bonds is 3. The van der Waals surface area contributed by atoms with Gasteiger partial charge in [-0.15, -0.1) is 0 Å². The maximum atomic E-state index is 6.09. The monoisotopic (exact) mass is 266 g/mol. The van der Waals surface area contributed by atoms with Gasteiger partial charge in [0.15, 0.2) is 0 Å².